The third kappa shape index (κ3) is 5.56. The molecule has 2 aromatic heterocycles. The van der Waals surface area contributed by atoms with Gasteiger partial charge in [-0.05, 0) is 67.2 Å². The first kappa shape index (κ1) is 22.8. The van der Waals surface area contributed by atoms with Gasteiger partial charge in [0.1, 0.15) is 0 Å². The number of aromatic amines is 2. The summed E-state index contributed by atoms with van der Waals surface area (Å²) >= 11 is 6.60. The van der Waals surface area contributed by atoms with Crippen molar-refractivity contribution in [1.82, 2.24) is 15.2 Å². The molecule has 0 spiro atoms. The zero-order valence-electron chi connectivity index (χ0n) is 19.0. The Bertz CT molecular complexity index is 1580. The fourth-order valence-electron chi connectivity index (χ4n) is 3.78. The minimum absolute atomic E-state index is 0.0783. The van der Waals surface area contributed by atoms with E-state index in [1.165, 1.54) is 11.3 Å². The van der Waals surface area contributed by atoms with Gasteiger partial charge in [-0.15, -0.1) is 11.3 Å². The molecule has 174 valence electrons. The van der Waals surface area contributed by atoms with E-state index < -0.39 is 0 Å². The number of nitrogens with one attached hydrogen (secondary N) is 4. The molecule has 2 heterocycles. The fourth-order valence-corrected chi connectivity index (χ4v) is 5.07. The molecule has 0 aliphatic heterocycles. The third-order valence-electron chi connectivity index (χ3n) is 5.51. The summed E-state index contributed by atoms with van der Waals surface area (Å²) in [7, 11) is 0. The number of hydrogen-bond acceptors (Lipinski definition) is 5. The molecule has 0 radical (unpaired) electrons. The third-order valence-corrected chi connectivity index (χ3v) is 6.84. The van der Waals surface area contributed by atoms with Crippen LogP contribution in [0.15, 0.2) is 72.8 Å². The number of carbonyl (C=O) groups is 1. The first-order valence-corrected chi connectivity index (χ1v) is 12.3. The Kier molecular flexibility index (Phi) is 6.56. The van der Waals surface area contributed by atoms with Crippen LogP contribution in [0, 0.1) is 10.9 Å². The van der Waals surface area contributed by atoms with Crippen LogP contribution in [0.5, 0.6) is 0 Å². The van der Waals surface area contributed by atoms with Gasteiger partial charge in [0.25, 0.3) is 0 Å². The highest BCUT2D eigenvalue weighted by Crippen LogP contribution is 2.26. The SMILES string of the molecule is Cc1[nH]c(=S)sc1CC(=O)Nc1cccc(Nc2ccc3c(/C=C/c4ccccc4)n[nH]c3c2)c1. The number of carbonyl (C=O) groups excluding carboxylic acids is 1. The van der Waals surface area contributed by atoms with Gasteiger partial charge in [0.15, 0.2) is 3.95 Å². The second-order valence-corrected chi connectivity index (χ2v) is 9.88. The van der Waals surface area contributed by atoms with Gasteiger partial charge in [-0.1, -0.05) is 42.5 Å². The number of aromatic nitrogens is 3. The number of nitrogens with zero attached hydrogens (tertiary/aromatic N) is 1. The van der Waals surface area contributed by atoms with Gasteiger partial charge in [0.2, 0.25) is 5.91 Å². The van der Waals surface area contributed by atoms with Crippen LogP contribution >= 0.6 is 23.6 Å². The maximum Gasteiger partial charge on any atom is 0.229 e. The summed E-state index contributed by atoms with van der Waals surface area (Å²) in [5.74, 6) is -0.0783. The number of thiazole rings is 1. The number of amides is 1. The molecule has 6 nitrogen and oxygen atoms in total. The second-order valence-electron chi connectivity index (χ2n) is 8.11. The second kappa shape index (κ2) is 10.1. The van der Waals surface area contributed by atoms with E-state index >= 15 is 0 Å². The minimum atomic E-state index is -0.0783. The lowest BCUT2D eigenvalue weighted by Crippen LogP contribution is -2.14. The topological polar surface area (TPSA) is 85.6 Å². The monoisotopic (exact) mass is 497 g/mol. The summed E-state index contributed by atoms with van der Waals surface area (Å²) in [4.78, 5) is 16.5. The van der Waals surface area contributed by atoms with Gasteiger partial charge >= 0.3 is 0 Å². The molecule has 0 aliphatic carbocycles. The number of aryl methyl sites for hydroxylation is 1. The average molecular weight is 498 g/mol. The number of fused-ring (bicyclic) bond motifs is 1. The van der Waals surface area contributed by atoms with Crippen molar-refractivity contribution in [3.8, 4) is 0 Å². The Labute approximate surface area is 211 Å². The van der Waals surface area contributed by atoms with E-state index in [-0.39, 0.29) is 5.91 Å². The number of anilines is 3. The predicted molar refractivity (Wildman–Crippen MR) is 148 cm³/mol. The molecule has 5 aromatic rings. The molecule has 4 N–H and O–H groups in total. The molecule has 0 aliphatic rings. The van der Waals surface area contributed by atoms with E-state index in [0.29, 0.717) is 10.4 Å². The molecule has 5 rings (SSSR count). The summed E-state index contributed by atoms with van der Waals surface area (Å²) in [6, 6.07) is 23.9. The molecule has 0 unspecified atom stereocenters. The van der Waals surface area contributed by atoms with E-state index in [2.05, 4.69) is 44.0 Å². The van der Waals surface area contributed by atoms with Crippen LogP contribution in [-0.4, -0.2) is 21.1 Å². The van der Waals surface area contributed by atoms with E-state index in [4.69, 9.17) is 12.2 Å². The van der Waals surface area contributed by atoms with Crippen LogP contribution < -0.4 is 10.6 Å². The van der Waals surface area contributed by atoms with Gasteiger partial charge in [0.05, 0.1) is 17.6 Å². The number of benzene rings is 3. The van der Waals surface area contributed by atoms with Gasteiger partial charge in [-0.2, -0.15) is 5.10 Å². The van der Waals surface area contributed by atoms with Crippen molar-refractivity contribution in [3.05, 3.63) is 98.6 Å². The summed E-state index contributed by atoms with van der Waals surface area (Å²) in [6.45, 7) is 1.93. The lowest BCUT2D eigenvalue weighted by molar-refractivity contribution is -0.115. The van der Waals surface area contributed by atoms with Crippen molar-refractivity contribution >= 4 is 69.6 Å². The molecule has 0 atom stereocenters. The minimum Gasteiger partial charge on any atom is -0.355 e. The highest BCUT2D eigenvalue weighted by molar-refractivity contribution is 7.73. The quantitative estimate of drug-likeness (QED) is 0.181. The number of rotatable bonds is 7. The summed E-state index contributed by atoms with van der Waals surface area (Å²) in [5.41, 5.74) is 6.43. The van der Waals surface area contributed by atoms with Crippen LogP contribution in [0.1, 0.15) is 21.8 Å². The lowest BCUT2D eigenvalue weighted by Gasteiger charge is -2.10. The van der Waals surface area contributed by atoms with Crippen LogP contribution in [0.3, 0.4) is 0 Å². The van der Waals surface area contributed by atoms with Crippen LogP contribution in [-0.2, 0) is 11.2 Å². The molecule has 0 saturated heterocycles. The van der Waals surface area contributed by atoms with Crippen molar-refractivity contribution in [2.45, 2.75) is 13.3 Å². The Morgan fingerprint density at radius 1 is 1.00 bits per heavy atom. The zero-order valence-corrected chi connectivity index (χ0v) is 20.6. The smallest absolute Gasteiger partial charge is 0.229 e. The lowest BCUT2D eigenvalue weighted by atomic mass is 10.1. The molecule has 3 aromatic carbocycles. The highest BCUT2D eigenvalue weighted by atomic mass is 32.1. The van der Waals surface area contributed by atoms with Crippen molar-refractivity contribution in [1.29, 1.82) is 0 Å². The molecule has 0 bridgehead atoms. The molecule has 8 heteroatoms. The normalized spacial score (nSPS) is 11.2. The van der Waals surface area contributed by atoms with Crippen LogP contribution in [0.2, 0.25) is 0 Å². The first-order valence-electron chi connectivity index (χ1n) is 11.1. The summed E-state index contributed by atoms with van der Waals surface area (Å²) in [5, 5.41) is 15.0. The van der Waals surface area contributed by atoms with Crippen molar-refractivity contribution in [3.63, 3.8) is 0 Å². The Morgan fingerprint density at radius 2 is 1.80 bits per heavy atom. The fraction of sp³-hybridized carbons (Fsp3) is 0.0741. The van der Waals surface area contributed by atoms with Gasteiger partial charge in [0, 0.05) is 33.0 Å². The van der Waals surface area contributed by atoms with Crippen LogP contribution in [0.4, 0.5) is 17.1 Å². The van der Waals surface area contributed by atoms with E-state index in [9.17, 15) is 4.79 Å². The summed E-state index contributed by atoms with van der Waals surface area (Å²) in [6.07, 6.45) is 4.35. The molecule has 35 heavy (non-hydrogen) atoms. The van der Waals surface area contributed by atoms with Crippen molar-refractivity contribution in [2.75, 3.05) is 10.6 Å². The largest absolute Gasteiger partial charge is 0.355 e. The van der Waals surface area contributed by atoms with E-state index in [1.807, 2.05) is 73.7 Å². The maximum absolute atomic E-state index is 12.5. The molecule has 0 saturated carbocycles. The standard InChI is InChI=1S/C27H23N5OS2/c1-17-25(35-27(34)28-17)16-26(33)30-20-9-5-8-19(14-20)29-21-11-12-22-23(31-32-24(22)15-21)13-10-18-6-3-2-4-7-18/h2-15,29H,16H2,1H3,(H,28,34)(H,30,33)(H,31,32)/b13-10+. The predicted octanol–water partition coefficient (Wildman–Crippen LogP) is 7.09. The summed E-state index contributed by atoms with van der Waals surface area (Å²) < 4.78 is 0.685. The molecule has 1 amide bonds. The van der Waals surface area contributed by atoms with E-state index in [1.54, 1.807) is 0 Å². The Morgan fingerprint density at radius 3 is 2.60 bits per heavy atom. The Balaban J connectivity index is 1.27. The van der Waals surface area contributed by atoms with E-state index in [0.717, 1.165) is 49.8 Å². The number of H-pyrrole nitrogens is 2. The average Bonchev–Trinajstić information content (AvgIpc) is 3.39. The molecular weight excluding hydrogens is 474 g/mol. The molecule has 0 fully saturated rings. The maximum atomic E-state index is 12.5. The van der Waals surface area contributed by atoms with Gasteiger partial charge < -0.3 is 15.6 Å². The van der Waals surface area contributed by atoms with Crippen LogP contribution in [0.25, 0.3) is 23.1 Å². The van der Waals surface area contributed by atoms with Crippen molar-refractivity contribution in [2.24, 2.45) is 0 Å². The van der Waals surface area contributed by atoms with Gasteiger partial charge in [-0.25, -0.2) is 0 Å². The molecular formula is C27H23N5OS2. The van der Waals surface area contributed by atoms with Crippen molar-refractivity contribution < 1.29 is 4.79 Å². The first-order chi connectivity index (χ1) is 17.0. The zero-order chi connectivity index (χ0) is 24.2. The number of hydrogen-bond donors (Lipinski definition) is 4. The highest BCUT2D eigenvalue weighted by Gasteiger charge is 2.10. The van der Waals surface area contributed by atoms with Gasteiger partial charge in [-0.3, -0.25) is 9.89 Å². The Hall–Kier alpha value is -4.01.